The lowest BCUT2D eigenvalue weighted by molar-refractivity contribution is -0.134. The van der Waals surface area contributed by atoms with E-state index in [4.69, 9.17) is 4.42 Å². The van der Waals surface area contributed by atoms with Crippen LogP contribution in [0, 0.1) is 0 Å². The van der Waals surface area contributed by atoms with E-state index in [9.17, 15) is 4.79 Å². The molecule has 2 aromatic heterocycles. The van der Waals surface area contributed by atoms with Gasteiger partial charge in [-0.3, -0.25) is 9.69 Å². The fourth-order valence-electron chi connectivity index (χ4n) is 3.21. The van der Waals surface area contributed by atoms with Crippen molar-refractivity contribution in [3.8, 4) is 0 Å². The molecule has 23 heavy (non-hydrogen) atoms. The molecule has 1 fully saturated rings. The summed E-state index contributed by atoms with van der Waals surface area (Å²) in [7, 11) is 2.01. The summed E-state index contributed by atoms with van der Waals surface area (Å²) in [6, 6.07) is 2.09. The smallest absolute Gasteiger partial charge is 0.223 e. The van der Waals surface area contributed by atoms with Crippen molar-refractivity contribution in [3.63, 3.8) is 0 Å². The molecule has 0 radical (unpaired) electrons. The van der Waals surface area contributed by atoms with E-state index >= 15 is 0 Å². The van der Waals surface area contributed by atoms with Crippen LogP contribution in [0.3, 0.4) is 0 Å². The lowest BCUT2D eigenvalue weighted by Gasteiger charge is -2.40. The Balaban J connectivity index is 1.65. The molecule has 0 aliphatic carbocycles. The molecule has 1 saturated heterocycles. The zero-order valence-electron chi connectivity index (χ0n) is 13.8. The van der Waals surface area contributed by atoms with Crippen LogP contribution in [0.1, 0.15) is 30.8 Å². The van der Waals surface area contributed by atoms with Gasteiger partial charge < -0.3 is 13.9 Å². The molecule has 124 valence electrons. The molecule has 1 atom stereocenters. The molecule has 0 aromatic carbocycles. The minimum atomic E-state index is 0.173. The van der Waals surface area contributed by atoms with E-state index in [0.29, 0.717) is 13.0 Å². The van der Waals surface area contributed by atoms with Crippen LogP contribution in [0.25, 0.3) is 0 Å². The standard InChI is InChI=1S/C17H24N4O2/c1-3-20-9-10-21(12-15(20)17-18-7-8-19(17)2)16(22)5-4-14-6-11-23-13-14/h6-8,11,13,15H,3-5,9-10,12H2,1-2H3. The quantitative estimate of drug-likeness (QED) is 0.845. The average Bonchev–Trinajstić information content (AvgIpc) is 3.23. The highest BCUT2D eigenvalue weighted by Crippen LogP contribution is 2.24. The second-order valence-electron chi connectivity index (χ2n) is 6.01. The van der Waals surface area contributed by atoms with Crippen molar-refractivity contribution in [1.29, 1.82) is 0 Å². The van der Waals surface area contributed by atoms with Crippen molar-refractivity contribution in [2.45, 2.75) is 25.8 Å². The second kappa shape index (κ2) is 7.00. The van der Waals surface area contributed by atoms with Crippen molar-refractivity contribution >= 4 is 5.91 Å². The number of carbonyl (C=O) groups excluding carboxylic acids is 1. The van der Waals surface area contributed by atoms with E-state index in [2.05, 4.69) is 16.8 Å². The minimum absolute atomic E-state index is 0.173. The zero-order chi connectivity index (χ0) is 16.2. The third-order valence-electron chi connectivity index (χ3n) is 4.61. The molecule has 3 heterocycles. The predicted molar refractivity (Wildman–Crippen MR) is 86.8 cm³/mol. The van der Waals surface area contributed by atoms with E-state index in [0.717, 1.165) is 37.4 Å². The van der Waals surface area contributed by atoms with E-state index in [1.54, 1.807) is 12.5 Å². The van der Waals surface area contributed by atoms with Gasteiger partial charge in [0.05, 0.1) is 18.6 Å². The van der Waals surface area contributed by atoms with Gasteiger partial charge in [0.15, 0.2) is 0 Å². The number of aryl methyl sites for hydroxylation is 2. The third kappa shape index (κ3) is 3.47. The number of likely N-dealkylation sites (N-methyl/N-ethyl adjacent to an activating group) is 1. The molecule has 6 heteroatoms. The van der Waals surface area contributed by atoms with Crippen molar-refractivity contribution in [2.75, 3.05) is 26.2 Å². The first kappa shape index (κ1) is 15.8. The molecule has 2 aromatic rings. The summed E-state index contributed by atoms with van der Waals surface area (Å²) >= 11 is 0. The highest BCUT2D eigenvalue weighted by Gasteiger charge is 2.31. The molecular formula is C17H24N4O2. The number of piperazine rings is 1. The van der Waals surface area contributed by atoms with Gasteiger partial charge in [0, 0.05) is 45.5 Å². The Morgan fingerprint density at radius 3 is 2.96 bits per heavy atom. The topological polar surface area (TPSA) is 54.5 Å². The molecule has 1 amide bonds. The van der Waals surface area contributed by atoms with Crippen LogP contribution in [0.15, 0.2) is 35.4 Å². The number of carbonyl (C=O) groups is 1. The van der Waals surface area contributed by atoms with Crippen LogP contribution in [0.4, 0.5) is 0 Å². The van der Waals surface area contributed by atoms with Crippen molar-refractivity contribution in [3.05, 3.63) is 42.4 Å². The Labute approximate surface area is 136 Å². The molecule has 1 aliphatic rings. The first-order valence-electron chi connectivity index (χ1n) is 8.19. The fraction of sp³-hybridized carbons (Fsp3) is 0.529. The maximum Gasteiger partial charge on any atom is 0.223 e. The Morgan fingerprint density at radius 2 is 2.30 bits per heavy atom. The monoisotopic (exact) mass is 316 g/mol. The highest BCUT2D eigenvalue weighted by atomic mass is 16.3. The number of furan rings is 1. The largest absolute Gasteiger partial charge is 0.472 e. The molecule has 0 N–H and O–H groups in total. The maximum atomic E-state index is 12.5. The van der Waals surface area contributed by atoms with Crippen LogP contribution in [0.5, 0.6) is 0 Å². The third-order valence-corrected chi connectivity index (χ3v) is 4.61. The molecular weight excluding hydrogens is 292 g/mol. The molecule has 0 spiro atoms. The summed E-state index contributed by atoms with van der Waals surface area (Å²) in [6.07, 6.45) is 8.40. The highest BCUT2D eigenvalue weighted by molar-refractivity contribution is 5.76. The van der Waals surface area contributed by atoms with Crippen LogP contribution in [-0.4, -0.2) is 51.4 Å². The SMILES string of the molecule is CCN1CCN(C(=O)CCc2ccoc2)CC1c1nccn1C. The van der Waals surface area contributed by atoms with E-state index in [1.165, 1.54) is 0 Å². The Kier molecular flexibility index (Phi) is 4.81. The second-order valence-corrected chi connectivity index (χ2v) is 6.01. The summed E-state index contributed by atoms with van der Waals surface area (Å²) in [5, 5.41) is 0. The first-order valence-corrected chi connectivity index (χ1v) is 8.19. The molecule has 0 bridgehead atoms. The van der Waals surface area contributed by atoms with Crippen molar-refractivity contribution < 1.29 is 9.21 Å². The maximum absolute atomic E-state index is 12.5. The number of nitrogens with zero attached hydrogens (tertiary/aromatic N) is 4. The van der Waals surface area contributed by atoms with Gasteiger partial charge in [0.1, 0.15) is 5.82 Å². The summed E-state index contributed by atoms with van der Waals surface area (Å²) in [5.74, 6) is 1.24. The summed E-state index contributed by atoms with van der Waals surface area (Å²) < 4.78 is 7.11. The average molecular weight is 316 g/mol. The predicted octanol–water partition coefficient (Wildman–Crippen LogP) is 1.85. The first-order chi connectivity index (χ1) is 11.2. The number of hydrogen-bond donors (Lipinski definition) is 0. The van der Waals surface area contributed by atoms with Crippen LogP contribution in [-0.2, 0) is 18.3 Å². The van der Waals surface area contributed by atoms with Crippen LogP contribution in [0.2, 0.25) is 0 Å². The Hall–Kier alpha value is -2.08. The van der Waals surface area contributed by atoms with Gasteiger partial charge in [-0.1, -0.05) is 6.92 Å². The Morgan fingerprint density at radius 1 is 1.43 bits per heavy atom. The fourth-order valence-corrected chi connectivity index (χ4v) is 3.21. The van der Waals surface area contributed by atoms with Gasteiger partial charge in [-0.15, -0.1) is 0 Å². The van der Waals surface area contributed by atoms with Crippen LogP contribution < -0.4 is 0 Å². The van der Waals surface area contributed by atoms with E-state index < -0.39 is 0 Å². The molecule has 0 saturated carbocycles. The van der Waals surface area contributed by atoms with Gasteiger partial charge in [-0.2, -0.15) is 0 Å². The summed E-state index contributed by atoms with van der Waals surface area (Å²) in [4.78, 5) is 21.4. The lowest BCUT2D eigenvalue weighted by Crippen LogP contribution is -2.51. The lowest BCUT2D eigenvalue weighted by atomic mass is 10.1. The number of rotatable bonds is 5. The molecule has 1 aliphatic heterocycles. The normalized spacial score (nSPS) is 19.2. The number of imidazole rings is 1. The summed E-state index contributed by atoms with van der Waals surface area (Å²) in [6.45, 7) is 5.52. The number of aromatic nitrogens is 2. The van der Waals surface area contributed by atoms with E-state index in [1.807, 2.05) is 35.0 Å². The van der Waals surface area contributed by atoms with Gasteiger partial charge in [-0.25, -0.2) is 4.98 Å². The van der Waals surface area contributed by atoms with Gasteiger partial charge in [0.25, 0.3) is 0 Å². The van der Waals surface area contributed by atoms with Gasteiger partial charge >= 0.3 is 0 Å². The van der Waals surface area contributed by atoms with Gasteiger partial charge in [0.2, 0.25) is 5.91 Å². The molecule has 3 rings (SSSR count). The van der Waals surface area contributed by atoms with Crippen LogP contribution >= 0.6 is 0 Å². The van der Waals surface area contributed by atoms with Crippen molar-refractivity contribution in [2.24, 2.45) is 7.05 Å². The van der Waals surface area contributed by atoms with E-state index in [-0.39, 0.29) is 11.9 Å². The molecule has 6 nitrogen and oxygen atoms in total. The molecule has 1 unspecified atom stereocenters. The minimum Gasteiger partial charge on any atom is -0.472 e. The summed E-state index contributed by atoms with van der Waals surface area (Å²) in [5.41, 5.74) is 1.08. The van der Waals surface area contributed by atoms with Crippen molar-refractivity contribution in [1.82, 2.24) is 19.4 Å². The number of hydrogen-bond acceptors (Lipinski definition) is 4. The van der Waals surface area contributed by atoms with Gasteiger partial charge in [-0.05, 0) is 24.6 Å². The number of amides is 1. The zero-order valence-corrected chi connectivity index (χ0v) is 13.8. The Bertz CT molecular complexity index is 635.